The summed E-state index contributed by atoms with van der Waals surface area (Å²) >= 11 is 5.82. The molecule has 0 spiro atoms. The number of amides is 1. The standard InChI is InChI=1S/C13H16ClNO2/c1-2-13(12(16)15-17)8-10(13)7-9-3-5-11(14)6-4-9/h3-6,10,17H,2,7-8H2,1H3,(H,15,16). The topological polar surface area (TPSA) is 49.3 Å². The molecule has 2 rings (SSSR count). The van der Waals surface area contributed by atoms with Crippen LogP contribution in [0.15, 0.2) is 24.3 Å². The molecule has 4 heteroatoms. The van der Waals surface area contributed by atoms with Crippen molar-refractivity contribution in [1.82, 2.24) is 5.48 Å². The summed E-state index contributed by atoms with van der Waals surface area (Å²) < 4.78 is 0. The van der Waals surface area contributed by atoms with Crippen molar-refractivity contribution in [2.45, 2.75) is 26.2 Å². The van der Waals surface area contributed by atoms with Crippen molar-refractivity contribution >= 4 is 17.5 Å². The van der Waals surface area contributed by atoms with Gasteiger partial charge in [-0.2, -0.15) is 0 Å². The Kier molecular flexibility index (Phi) is 3.40. The van der Waals surface area contributed by atoms with E-state index in [0.29, 0.717) is 5.92 Å². The van der Waals surface area contributed by atoms with Crippen LogP contribution in [0.25, 0.3) is 0 Å². The fourth-order valence-corrected chi connectivity index (χ4v) is 2.66. The molecule has 1 saturated carbocycles. The lowest BCUT2D eigenvalue weighted by molar-refractivity contribution is -0.135. The molecule has 2 unspecified atom stereocenters. The Balaban J connectivity index is 2.03. The predicted molar refractivity (Wildman–Crippen MR) is 65.9 cm³/mol. The van der Waals surface area contributed by atoms with Gasteiger partial charge in [0.25, 0.3) is 0 Å². The molecule has 0 radical (unpaired) electrons. The van der Waals surface area contributed by atoms with E-state index >= 15 is 0 Å². The van der Waals surface area contributed by atoms with Gasteiger partial charge in [-0.15, -0.1) is 0 Å². The minimum atomic E-state index is -0.367. The van der Waals surface area contributed by atoms with E-state index in [2.05, 4.69) is 0 Å². The van der Waals surface area contributed by atoms with E-state index in [9.17, 15) is 4.79 Å². The Morgan fingerprint density at radius 3 is 2.71 bits per heavy atom. The summed E-state index contributed by atoms with van der Waals surface area (Å²) in [7, 11) is 0. The quantitative estimate of drug-likeness (QED) is 0.640. The van der Waals surface area contributed by atoms with E-state index < -0.39 is 0 Å². The molecule has 0 bridgehead atoms. The average molecular weight is 254 g/mol. The average Bonchev–Trinajstić information content (AvgIpc) is 3.06. The SMILES string of the molecule is CCC1(C(=O)NO)CC1Cc1ccc(Cl)cc1. The summed E-state index contributed by atoms with van der Waals surface area (Å²) in [5, 5.41) is 9.47. The van der Waals surface area contributed by atoms with Crippen LogP contribution in [-0.4, -0.2) is 11.1 Å². The first kappa shape index (κ1) is 12.4. The number of nitrogens with one attached hydrogen (secondary N) is 1. The van der Waals surface area contributed by atoms with E-state index in [1.807, 2.05) is 31.2 Å². The van der Waals surface area contributed by atoms with Gasteiger partial charge in [0.05, 0.1) is 5.41 Å². The highest BCUT2D eigenvalue weighted by Gasteiger charge is 2.57. The normalized spacial score (nSPS) is 26.6. The zero-order chi connectivity index (χ0) is 12.5. The smallest absolute Gasteiger partial charge is 0.249 e. The maximum atomic E-state index is 11.6. The van der Waals surface area contributed by atoms with Gasteiger partial charge in [-0.3, -0.25) is 10.0 Å². The number of benzene rings is 1. The first-order valence-corrected chi connectivity index (χ1v) is 6.19. The van der Waals surface area contributed by atoms with Crippen molar-refractivity contribution in [3.8, 4) is 0 Å². The number of carbonyl (C=O) groups is 1. The van der Waals surface area contributed by atoms with Crippen LogP contribution >= 0.6 is 11.6 Å². The van der Waals surface area contributed by atoms with E-state index in [1.54, 1.807) is 5.48 Å². The Bertz CT molecular complexity index is 418. The molecule has 1 aromatic carbocycles. The number of rotatable bonds is 4. The molecule has 17 heavy (non-hydrogen) atoms. The minimum absolute atomic E-state index is 0.251. The number of halogens is 1. The molecule has 1 fully saturated rings. The molecule has 0 aliphatic heterocycles. The lowest BCUT2D eigenvalue weighted by Gasteiger charge is -2.12. The van der Waals surface area contributed by atoms with Crippen LogP contribution in [-0.2, 0) is 11.2 Å². The molecular weight excluding hydrogens is 238 g/mol. The van der Waals surface area contributed by atoms with Crippen molar-refractivity contribution in [2.24, 2.45) is 11.3 Å². The Hall–Kier alpha value is -1.06. The molecule has 2 atom stereocenters. The van der Waals surface area contributed by atoms with Crippen LogP contribution in [0.1, 0.15) is 25.3 Å². The van der Waals surface area contributed by atoms with Gasteiger partial charge in [0, 0.05) is 5.02 Å². The Morgan fingerprint density at radius 1 is 1.53 bits per heavy atom. The third kappa shape index (κ3) is 2.31. The van der Waals surface area contributed by atoms with Gasteiger partial charge >= 0.3 is 0 Å². The van der Waals surface area contributed by atoms with Crippen LogP contribution in [0.4, 0.5) is 0 Å². The number of hydrogen-bond donors (Lipinski definition) is 2. The molecule has 1 amide bonds. The molecule has 0 heterocycles. The van der Waals surface area contributed by atoms with Crippen molar-refractivity contribution in [3.63, 3.8) is 0 Å². The second kappa shape index (κ2) is 4.67. The molecular formula is C13H16ClNO2. The van der Waals surface area contributed by atoms with E-state index in [4.69, 9.17) is 16.8 Å². The highest BCUT2D eigenvalue weighted by Crippen LogP contribution is 2.56. The summed E-state index contributed by atoms with van der Waals surface area (Å²) in [4.78, 5) is 11.6. The molecule has 2 N–H and O–H groups in total. The van der Waals surface area contributed by atoms with Gasteiger partial charge in [-0.05, 0) is 42.9 Å². The molecule has 1 aliphatic carbocycles. The second-order valence-electron chi connectivity index (χ2n) is 4.68. The van der Waals surface area contributed by atoms with Gasteiger partial charge in [0.15, 0.2) is 0 Å². The summed E-state index contributed by atoms with van der Waals surface area (Å²) in [5.74, 6) is 0.0692. The maximum Gasteiger partial charge on any atom is 0.249 e. The second-order valence-corrected chi connectivity index (χ2v) is 5.12. The van der Waals surface area contributed by atoms with Crippen LogP contribution in [0.2, 0.25) is 5.02 Å². The molecule has 3 nitrogen and oxygen atoms in total. The molecule has 92 valence electrons. The van der Waals surface area contributed by atoms with Gasteiger partial charge in [-0.1, -0.05) is 30.7 Å². The first-order chi connectivity index (χ1) is 8.12. The minimum Gasteiger partial charge on any atom is -0.289 e. The van der Waals surface area contributed by atoms with E-state index in [-0.39, 0.29) is 11.3 Å². The predicted octanol–water partition coefficient (Wildman–Crippen LogP) is 2.80. The van der Waals surface area contributed by atoms with Crippen LogP contribution < -0.4 is 5.48 Å². The lowest BCUT2D eigenvalue weighted by Crippen LogP contribution is -2.30. The van der Waals surface area contributed by atoms with Crippen molar-refractivity contribution in [1.29, 1.82) is 0 Å². The van der Waals surface area contributed by atoms with Gasteiger partial charge in [0.1, 0.15) is 0 Å². The largest absolute Gasteiger partial charge is 0.289 e. The maximum absolute atomic E-state index is 11.6. The summed E-state index contributed by atoms with van der Waals surface area (Å²) in [6.07, 6.45) is 2.47. The highest BCUT2D eigenvalue weighted by atomic mass is 35.5. The van der Waals surface area contributed by atoms with E-state index in [1.165, 1.54) is 5.56 Å². The van der Waals surface area contributed by atoms with Gasteiger partial charge in [-0.25, -0.2) is 5.48 Å². The zero-order valence-electron chi connectivity index (χ0n) is 9.74. The van der Waals surface area contributed by atoms with Crippen LogP contribution in [0, 0.1) is 11.3 Å². The Labute approximate surface area is 106 Å². The summed E-state index contributed by atoms with van der Waals surface area (Å²) in [5.41, 5.74) is 2.60. The molecule has 1 aromatic rings. The molecule has 0 aromatic heterocycles. The third-order valence-electron chi connectivity index (χ3n) is 3.81. The third-order valence-corrected chi connectivity index (χ3v) is 4.06. The van der Waals surface area contributed by atoms with Crippen molar-refractivity contribution in [2.75, 3.05) is 0 Å². The first-order valence-electron chi connectivity index (χ1n) is 5.81. The summed E-state index contributed by atoms with van der Waals surface area (Å²) in [6.45, 7) is 1.98. The van der Waals surface area contributed by atoms with E-state index in [0.717, 1.165) is 24.3 Å². The van der Waals surface area contributed by atoms with Gasteiger partial charge < -0.3 is 0 Å². The fraction of sp³-hybridized carbons (Fsp3) is 0.462. The van der Waals surface area contributed by atoms with Crippen LogP contribution in [0.5, 0.6) is 0 Å². The Morgan fingerprint density at radius 2 is 2.18 bits per heavy atom. The lowest BCUT2D eigenvalue weighted by atomic mass is 9.96. The number of hydrogen-bond acceptors (Lipinski definition) is 2. The summed E-state index contributed by atoms with van der Waals surface area (Å²) in [6, 6.07) is 7.69. The fourth-order valence-electron chi connectivity index (χ4n) is 2.54. The molecule has 0 saturated heterocycles. The van der Waals surface area contributed by atoms with Crippen molar-refractivity contribution < 1.29 is 10.0 Å². The van der Waals surface area contributed by atoms with Crippen molar-refractivity contribution in [3.05, 3.63) is 34.9 Å². The number of hydroxylamine groups is 1. The highest BCUT2D eigenvalue weighted by molar-refractivity contribution is 6.30. The van der Waals surface area contributed by atoms with Gasteiger partial charge in [0.2, 0.25) is 5.91 Å². The molecule has 1 aliphatic rings. The number of carbonyl (C=O) groups excluding carboxylic acids is 1. The van der Waals surface area contributed by atoms with Crippen LogP contribution in [0.3, 0.4) is 0 Å². The monoisotopic (exact) mass is 253 g/mol. The zero-order valence-corrected chi connectivity index (χ0v) is 10.5.